The summed E-state index contributed by atoms with van der Waals surface area (Å²) >= 11 is 3.46. The quantitative estimate of drug-likeness (QED) is 0.866. The Morgan fingerprint density at radius 3 is 2.67 bits per heavy atom. The summed E-state index contributed by atoms with van der Waals surface area (Å²) in [6, 6.07) is 5.30. The highest BCUT2D eigenvalue weighted by atomic mass is 79.9. The van der Waals surface area contributed by atoms with Crippen LogP contribution in [-0.2, 0) is 11.8 Å². The fourth-order valence-electron chi connectivity index (χ4n) is 1.92. The van der Waals surface area contributed by atoms with Crippen LogP contribution < -0.4 is 10.6 Å². The molecule has 0 spiro atoms. The van der Waals surface area contributed by atoms with Gasteiger partial charge in [0.1, 0.15) is 6.04 Å². The minimum atomic E-state index is -0.427. The summed E-state index contributed by atoms with van der Waals surface area (Å²) in [6.07, 6.45) is 3.51. The first-order valence-electron chi connectivity index (χ1n) is 6.24. The molecule has 0 saturated carbocycles. The van der Waals surface area contributed by atoms with Crippen molar-refractivity contribution in [2.45, 2.75) is 13.0 Å². The van der Waals surface area contributed by atoms with Gasteiger partial charge in [-0.15, -0.1) is 12.4 Å². The van der Waals surface area contributed by atoms with E-state index in [-0.39, 0.29) is 18.3 Å². The lowest BCUT2D eigenvalue weighted by atomic mass is 10.1. The maximum atomic E-state index is 12.3. The summed E-state index contributed by atoms with van der Waals surface area (Å²) in [5.74, 6) is -0.115. The number of hydrogen-bond acceptors (Lipinski definition) is 3. The fourth-order valence-corrected chi connectivity index (χ4v) is 2.30. The Bertz CT molecular complexity index is 629. The van der Waals surface area contributed by atoms with Gasteiger partial charge in [-0.2, -0.15) is 5.10 Å². The van der Waals surface area contributed by atoms with Gasteiger partial charge in [-0.3, -0.25) is 9.48 Å². The molecule has 0 aliphatic rings. The van der Waals surface area contributed by atoms with Gasteiger partial charge < -0.3 is 10.6 Å². The van der Waals surface area contributed by atoms with E-state index in [4.69, 9.17) is 0 Å². The van der Waals surface area contributed by atoms with Crippen LogP contribution in [0.5, 0.6) is 0 Å². The summed E-state index contributed by atoms with van der Waals surface area (Å²) in [5.41, 5.74) is 2.72. The molecule has 1 amide bonds. The first-order chi connectivity index (χ1) is 9.51. The summed E-state index contributed by atoms with van der Waals surface area (Å²) in [6.45, 7) is 2.00. The van der Waals surface area contributed by atoms with Gasteiger partial charge in [0.25, 0.3) is 0 Å². The Morgan fingerprint density at radius 1 is 1.43 bits per heavy atom. The van der Waals surface area contributed by atoms with Gasteiger partial charge in [0.05, 0.1) is 6.20 Å². The van der Waals surface area contributed by atoms with Crippen LogP contribution in [0.25, 0.3) is 0 Å². The molecule has 1 unspecified atom stereocenters. The number of aryl methyl sites for hydroxylation is 2. The van der Waals surface area contributed by atoms with Gasteiger partial charge in [0.15, 0.2) is 0 Å². The number of hydrogen-bond donors (Lipinski definition) is 2. The second kappa shape index (κ2) is 7.59. The molecular weight excluding hydrogens is 356 g/mol. The molecule has 0 aliphatic carbocycles. The number of carbonyl (C=O) groups is 1. The van der Waals surface area contributed by atoms with E-state index < -0.39 is 6.04 Å². The van der Waals surface area contributed by atoms with Crippen molar-refractivity contribution in [1.29, 1.82) is 0 Å². The van der Waals surface area contributed by atoms with Crippen LogP contribution in [0.4, 0.5) is 5.69 Å². The van der Waals surface area contributed by atoms with Gasteiger partial charge in [0.2, 0.25) is 5.91 Å². The number of halogens is 2. The average Bonchev–Trinajstić information content (AvgIpc) is 2.81. The molecule has 5 nitrogen and oxygen atoms in total. The third-order valence-corrected chi connectivity index (χ3v) is 3.90. The Morgan fingerprint density at radius 2 is 2.14 bits per heavy atom. The van der Waals surface area contributed by atoms with Gasteiger partial charge in [-0.25, -0.2) is 0 Å². The molecule has 0 aliphatic heterocycles. The zero-order valence-electron chi connectivity index (χ0n) is 12.1. The molecule has 0 bridgehead atoms. The van der Waals surface area contributed by atoms with Crippen LogP contribution >= 0.6 is 28.3 Å². The highest BCUT2D eigenvalue weighted by Gasteiger charge is 2.20. The van der Waals surface area contributed by atoms with Crippen LogP contribution in [0.3, 0.4) is 0 Å². The van der Waals surface area contributed by atoms with E-state index in [1.165, 1.54) is 0 Å². The topological polar surface area (TPSA) is 59.0 Å². The smallest absolute Gasteiger partial charge is 0.246 e. The Balaban J connectivity index is 0.00000220. The van der Waals surface area contributed by atoms with Crippen molar-refractivity contribution >= 4 is 39.9 Å². The zero-order valence-corrected chi connectivity index (χ0v) is 14.5. The molecule has 1 heterocycles. The first-order valence-corrected chi connectivity index (χ1v) is 7.03. The molecule has 1 atom stereocenters. The van der Waals surface area contributed by atoms with E-state index in [9.17, 15) is 4.79 Å². The average molecular weight is 374 g/mol. The van der Waals surface area contributed by atoms with Crippen molar-refractivity contribution in [1.82, 2.24) is 15.1 Å². The Kier molecular flexibility index (Phi) is 6.39. The number of anilines is 1. The van der Waals surface area contributed by atoms with Crippen LogP contribution in [0.15, 0.2) is 35.1 Å². The lowest BCUT2D eigenvalue weighted by Gasteiger charge is -2.15. The largest absolute Gasteiger partial charge is 0.324 e. The predicted octanol–water partition coefficient (Wildman–Crippen LogP) is 2.81. The molecule has 0 saturated heterocycles. The fraction of sp³-hybridized carbons (Fsp3) is 0.286. The molecule has 0 fully saturated rings. The minimum absolute atomic E-state index is 0. The molecule has 0 radical (unpaired) electrons. The van der Waals surface area contributed by atoms with E-state index in [0.717, 1.165) is 21.3 Å². The van der Waals surface area contributed by atoms with E-state index in [0.29, 0.717) is 0 Å². The molecule has 1 aromatic carbocycles. The highest BCUT2D eigenvalue weighted by Crippen LogP contribution is 2.22. The molecule has 2 aromatic rings. The number of likely N-dealkylation sites (N-methyl/N-ethyl adjacent to an activating group) is 1. The highest BCUT2D eigenvalue weighted by molar-refractivity contribution is 9.10. The number of aromatic nitrogens is 2. The van der Waals surface area contributed by atoms with E-state index in [1.807, 2.05) is 38.4 Å². The Hall–Kier alpha value is -1.37. The summed E-state index contributed by atoms with van der Waals surface area (Å²) in [5, 5.41) is 9.99. The lowest BCUT2D eigenvalue weighted by Crippen LogP contribution is -2.30. The van der Waals surface area contributed by atoms with Crippen molar-refractivity contribution in [2.75, 3.05) is 12.4 Å². The number of nitrogens with one attached hydrogen (secondary N) is 2. The number of amides is 1. The van der Waals surface area contributed by atoms with Gasteiger partial charge in [-0.1, -0.05) is 22.0 Å². The lowest BCUT2D eigenvalue weighted by molar-refractivity contribution is -0.118. The van der Waals surface area contributed by atoms with Crippen LogP contribution in [0.2, 0.25) is 0 Å². The molecule has 7 heteroatoms. The second-order valence-corrected chi connectivity index (χ2v) is 5.48. The maximum Gasteiger partial charge on any atom is 0.246 e. The van der Waals surface area contributed by atoms with Gasteiger partial charge >= 0.3 is 0 Å². The van der Waals surface area contributed by atoms with Crippen molar-refractivity contribution < 1.29 is 4.79 Å². The molecular formula is C14H18BrClN4O. The number of rotatable bonds is 4. The SMILES string of the molecule is CNC(C(=O)Nc1ccc(C)c(Br)c1)c1cnn(C)c1.Cl. The Labute approximate surface area is 138 Å². The molecule has 1 aromatic heterocycles. The second-order valence-electron chi connectivity index (χ2n) is 4.62. The normalized spacial score (nSPS) is 11.6. The monoisotopic (exact) mass is 372 g/mol. The molecule has 2 N–H and O–H groups in total. The van der Waals surface area contributed by atoms with Gasteiger partial charge in [-0.05, 0) is 31.7 Å². The molecule has 114 valence electrons. The van der Waals surface area contributed by atoms with Crippen LogP contribution in [0.1, 0.15) is 17.2 Å². The van der Waals surface area contributed by atoms with E-state index in [1.54, 1.807) is 17.9 Å². The maximum absolute atomic E-state index is 12.3. The third-order valence-electron chi connectivity index (χ3n) is 3.05. The predicted molar refractivity (Wildman–Crippen MR) is 89.8 cm³/mol. The summed E-state index contributed by atoms with van der Waals surface area (Å²) in [4.78, 5) is 12.3. The van der Waals surface area contributed by atoms with Crippen molar-refractivity contribution in [3.63, 3.8) is 0 Å². The van der Waals surface area contributed by atoms with Crippen molar-refractivity contribution in [3.05, 3.63) is 46.2 Å². The van der Waals surface area contributed by atoms with Gasteiger partial charge in [0, 0.05) is 29.0 Å². The first kappa shape index (κ1) is 17.7. The summed E-state index contributed by atoms with van der Waals surface area (Å²) in [7, 11) is 3.58. The number of nitrogens with zero attached hydrogens (tertiary/aromatic N) is 2. The third kappa shape index (κ3) is 4.30. The standard InChI is InChI=1S/C14H17BrN4O.ClH/c1-9-4-5-11(6-12(9)15)18-14(20)13(16-2)10-7-17-19(3)8-10;/h4-8,13,16H,1-3H3,(H,18,20);1H. The van der Waals surface area contributed by atoms with Crippen LogP contribution in [-0.4, -0.2) is 22.7 Å². The molecule has 2 rings (SSSR count). The zero-order chi connectivity index (χ0) is 14.7. The van der Waals surface area contributed by atoms with Crippen molar-refractivity contribution in [2.24, 2.45) is 7.05 Å². The van der Waals surface area contributed by atoms with E-state index in [2.05, 4.69) is 31.7 Å². The van der Waals surface area contributed by atoms with Crippen molar-refractivity contribution in [3.8, 4) is 0 Å². The van der Waals surface area contributed by atoms with E-state index >= 15 is 0 Å². The number of carbonyl (C=O) groups excluding carboxylic acids is 1. The van der Waals surface area contributed by atoms with Crippen LogP contribution in [0, 0.1) is 6.92 Å². The number of benzene rings is 1. The summed E-state index contributed by atoms with van der Waals surface area (Å²) < 4.78 is 2.65. The molecule has 21 heavy (non-hydrogen) atoms. The minimum Gasteiger partial charge on any atom is -0.324 e.